The van der Waals surface area contributed by atoms with Crippen LogP contribution in [0.2, 0.25) is 0 Å². The fourth-order valence-corrected chi connectivity index (χ4v) is 2.93. The van der Waals surface area contributed by atoms with Crippen molar-refractivity contribution in [2.24, 2.45) is 0 Å². The van der Waals surface area contributed by atoms with E-state index in [4.69, 9.17) is 0 Å². The summed E-state index contributed by atoms with van der Waals surface area (Å²) in [5, 5.41) is 0. The molecule has 0 heterocycles. The van der Waals surface area contributed by atoms with E-state index in [0.29, 0.717) is 64.6 Å². The minimum Gasteiger partial charge on any atom is -0.469 e. The molecule has 0 unspecified atom stereocenters. The minimum atomic E-state index is -0.582. The third kappa shape index (κ3) is 131. The number of methoxy groups -OCH3 is 6. The first-order valence-corrected chi connectivity index (χ1v) is 20.2. The van der Waals surface area contributed by atoms with Crippen LogP contribution in [0.1, 0.15) is 189 Å². The SMILES string of the molecule is C.C.C.C.C.CC(=O)OCOC(C)=O.CCC(=O)CC(=O)CC.CCC(=O)CC(=O)CC.CCC(=O)CCCC(=O)CC.COC(=O)CC(=O)OC.COC(=O)CCCC(=O)OC.COCOC.[Y].[Y].[Y].[Y].[Y]. The Kier molecular flexibility index (Phi) is 162. The Balaban J connectivity index is -0.0000000329. The number of hydrogen-bond donors (Lipinski definition) is 0. The molecule has 0 aromatic heterocycles. The van der Waals surface area contributed by atoms with Crippen LogP contribution in [0.25, 0.3) is 0 Å². The van der Waals surface area contributed by atoms with E-state index in [-0.39, 0.29) is 286 Å². The van der Waals surface area contributed by atoms with Crippen LogP contribution in [-0.2, 0) is 259 Å². The van der Waals surface area contributed by atoms with E-state index < -0.39 is 23.9 Å². The molecule has 73 heavy (non-hydrogen) atoms. The number of esters is 6. The minimum absolute atomic E-state index is 0. The van der Waals surface area contributed by atoms with Gasteiger partial charge in [-0.1, -0.05) is 78.7 Å². The van der Waals surface area contributed by atoms with Crippen LogP contribution in [0, 0.1) is 0 Å². The topological polar surface area (TPSA) is 279 Å². The van der Waals surface area contributed by atoms with Crippen LogP contribution in [0.4, 0.5) is 0 Å². The van der Waals surface area contributed by atoms with Crippen molar-refractivity contribution in [3.8, 4) is 0 Å². The summed E-state index contributed by atoms with van der Waals surface area (Å²) in [5.41, 5.74) is 0. The standard InChI is InChI=1S/C9H16O2.C7H12O4.2C7H12O2.2C5H8O4.C3H8O2.5CH4.5Y/c1-3-8(10)6-5-7-9(11)4-2;1-10-6(8)4-3-5-7(9)11-2;2*1-3-6(8)5-7(9)4-2;1-8-4(6)3-5(7)9-2;1-4(6)8-3-9-5(2)7;1-4-3-5-2;;;;;;;;;;/h3-7H2,1-2H3;3-5H2,1-2H3;2*3-5H2,1-2H3;2*3H2,1-2H3;3H2,1-2H3;5*1H4;;;;;. The summed E-state index contributed by atoms with van der Waals surface area (Å²) >= 11 is 0. The number of ether oxygens (including phenoxy) is 8. The van der Waals surface area contributed by atoms with Crippen molar-refractivity contribution in [1.82, 2.24) is 0 Å². The van der Waals surface area contributed by atoms with Gasteiger partial charge in [-0.3, -0.25) is 57.5 Å². The number of carbonyl (C=O) groups is 12. The van der Waals surface area contributed by atoms with Crippen LogP contribution in [0.5, 0.6) is 0 Å². The second kappa shape index (κ2) is 97.8. The monoisotopic (exact) mass is 1440 g/mol. The fraction of sp³-hybridized carbons (Fsp3) is 0.750. The number of Topliss-reactive ketones (excluding diaryl/α,β-unsaturated/α-hetero) is 6. The molecule has 0 aromatic carbocycles. The third-order valence-corrected chi connectivity index (χ3v) is 6.79. The summed E-state index contributed by atoms with van der Waals surface area (Å²) in [4.78, 5) is 125. The molecule has 25 heteroatoms. The summed E-state index contributed by atoms with van der Waals surface area (Å²) in [6, 6.07) is 0. The Morgan fingerprint density at radius 3 is 0.685 bits per heavy atom. The Labute approximate surface area is 567 Å². The van der Waals surface area contributed by atoms with Gasteiger partial charge in [0.2, 0.25) is 6.79 Å². The molecule has 0 saturated carbocycles. The smallest absolute Gasteiger partial charge is 0.316 e. The van der Waals surface area contributed by atoms with E-state index in [1.54, 1.807) is 41.9 Å². The van der Waals surface area contributed by atoms with Gasteiger partial charge in [-0.15, -0.1) is 0 Å². The molecular weight excluding hydrogens is 1340 g/mol. The number of rotatable bonds is 24. The van der Waals surface area contributed by atoms with Gasteiger partial charge in [0.1, 0.15) is 47.9 Å². The van der Waals surface area contributed by atoms with Gasteiger partial charge < -0.3 is 37.9 Å². The van der Waals surface area contributed by atoms with Crippen molar-refractivity contribution in [2.45, 2.75) is 189 Å². The summed E-state index contributed by atoms with van der Waals surface area (Å²) in [7, 11) is 8.24. The van der Waals surface area contributed by atoms with Gasteiger partial charge in [-0.25, -0.2) is 0 Å². The molecule has 0 rings (SSSR count). The molecule has 0 aliphatic rings. The molecule has 0 aliphatic heterocycles. The van der Waals surface area contributed by atoms with E-state index in [1.165, 1.54) is 42.3 Å². The van der Waals surface area contributed by atoms with Crippen molar-refractivity contribution < 1.29 is 259 Å². The van der Waals surface area contributed by atoms with E-state index in [0.717, 1.165) is 6.42 Å². The molecule has 423 valence electrons. The second-order valence-corrected chi connectivity index (χ2v) is 12.0. The fourth-order valence-electron chi connectivity index (χ4n) is 2.93. The molecule has 5 radical (unpaired) electrons. The van der Waals surface area contributed by atoms with E-state index >= 15 is 0 Å². The molecule has 0 bridgehead atoms. The Hall–Kier alpha value is 0.279. The van der Waals surface area contributed by atoms with Crippen molar-refractivity contribution in [1.29, 1.82) is 0 Å². The third-order valence-electron chi connectivity index (χ3n) is 6.79. The molecule has 0 amide bonds. The van der Waals surface area contributed by atoms with E-state index in [2.05, 4.69) is 37.9 Å². The van der Waals surface area contributed by atoms with E-state index in [9.17, 15) is 57.5 Å². The van der Waals surface area contributed by atoms with Gasteiger partial charge in [0.25, 0.3) is 0 Å². The van der Waals surface area contributed by atoms with Gasteiger partial charge in [-0.2, -0.15) is 0 Å². The molecule has 0 aliphatic carbocycles. The Morgan fingerprint density at radius 1 is 0.301 bits per heavy atom. The maximum Gasteiger partial charge on any atom is 0.316 e. The van der Waals surface area contributed by atoms with Crippen LogP contribution in [-0.4, -0.2) is 127 Å². The zero-order valence-corrected chi connectivity index (χ0v) is 57.3. The van der Waals surface area contributed by atoms with Crippen LogP contribution in [0.15, 0.2) is 0 Å². The van der Waals surface area contributed by atoms with Crippen molar-refractivity contribution in [3.05, 3.63) is 0 Å². The van der Waals surface area contributed by atoms with Crippen LogP contribution in [0.3, 0.4) is 0 Å². The first-order valence-electron chi connectivity index (χ1n) is 20.2. The van der Waals surface area contributed by atoms with Crippen molar-refractivity contribution in [2.75, 3.05) is 56.2 Å². The van der Waals surface area contributed by atoms with Gasteiger partial charge >= 0.3 is 35.8 Å². The Bertz CT molecular complexity index is 1120. The maximum atomic E-state index is 10.8. The Morgan fingerprint density at radius 2 is 0.521 bits per heavy atom. The zero-order chi connectivity index (χ0) is 50.6. The molecule has 0 spiro atoms. The molecule has 0 saturated heterocycles. The van der Waals surface area contributed by atoms with Crippen LogP contribution >= 0.6 is 0 Å². The molecular formula is C48H96O20Y5. The van der Waals surface area contributed by atoms with Crippen molar-refractivity contribution in [3.63, 3.8) is 0 Å². The van der Waals surface area contributed by atoms with Crippen molar-refractivity contribution >= 4 is 70.5 Å². The molecule has 0 fully saturated rings. The van der Waals surface area contributed by atoms with Gasteiger partial charge in [0.15, 0.2) is 0 Å². The normalized spacial score (nSPS) is 7.64. The first-order chi connectivity index (χ1) is 29.5. The summed E-state index contributed by atoms with van der Waals surface area (Å²) in [5.74, 6) is -1.99. The summed E-state index contributed by atoms with van der Waals surface area (Å²) in [6.45, 7) is 13.4. The predicted molar refractivity (Wildman–Crippen MR) is 262 cm³/mol. The predicted octanol–water partition coefficient (Wildman–Crippen LogP) is 8.48. The summed E-state index contributed by atoms with van der Waals surface area (Å²) in [6.07, 6.45) is 5.96. The quantitative estimate of drug-likeness (QED) is 0.0379. The molecule has 0 N–H and O–H groups in total. The number of carbonyl (C=O) groups excluding carboxylic acids is 12. The number of ketones is 6. The molecule has 20 nitrogen and oxygen atoms in total. The van der Waals surface area contributed by atoms with Gasteiger partial charge in [0, 0.05) is 256 Å². The largest absolute Gasteiger partial charge is 0.469 e. The average Bonchev–Trinajstić information content (AvgIpc) is 3.26. The maximum absolute atomic E-state index is 10.8. The molecule has 0 aromatic rings. The van der Waals surface area contributed by atoms with Gasteiger partial charge in [-0.05, 0) is 12.8 Å². The van der Waals surface area contributed by atoms with Crippen LogP contribution < -0.4 is 0 Å². The van der Waals surface area contributed by atoms with Gasteiger partial charge in [0.05, 0.1) is 41.3 Å². The first kappa shape index (κ1) is 121. The second-order valence-electron chi connectivity index (χ2n) is 12.0. The summed E-state index contributed by atoms with van der Waals surface area (Å²) < 4.78 is 34.6. The number of hydrogen-bond acceptors (Lipinski definition) is 20. The van der Waals surface area contributed by atoms with E-state index in [1.807, 2.05) is 13.8 Å². The zero-order valence-electron chi connectivity index (χ0n) is 43.1. The average molecular weight is 1440 g/mol. The molecule has 0 atom stereocenters.